The van der Waals surface area contributed by atoms with Crippen molar-refractivity contribution in [3.05, 3.63) is 0 Å². The molecule has 20 heavy (non-hydrogen) atoms. The molecule has 3 atom stereocenters. The van der Waals surface area contributed by atoms with Crippen LogP contribution in [0.4, 0.5) is 13.2 Å². The highest BCUT2D eigenvalue weighted by Crippen LogP contribution is 2.41. The topological polar surface area (TPSA) is 38.3 Å². The van der Waals surface area contributed by atoms with E-state index in [2.05, 4.69) is 21.2 Å². The average molecular weight is 360 g/mol. The highest BCUT2D eigenvalue weighted by atomic mass is 79.9. The molecule has 0 aromatic heterocycles. The maximum atomic E-state index is 13.0. The van der Waals surface area contributed by atoms with Crippen LogP contribution >= 0.6 is 15.9 Å². The van der Waals surface area contributed by atoms with E-state index in [0.717, 1.165) is 0 Å². The Morgan fingerprint density at radius 1 is 1.40 bits per heavy atom. The fourth-order valence-corrected chi connectivity index (χ4v) is 3.23. The third kappa shape index (κ3) is 5.24. The second-order valence-corrected chi connectivity index (χ2v) is 5.97. The third-order valence-corrected chi connectivity index (χ3v) is 4.15. The predicted molar refractivity (Wildman–Crippen MR) is 73.7 cm³/mol. The van der Waals surface area contributed by atoms with Crippen molar-refractivity contribution in [3.8, 4) is 0 Å². The van der Waals surface area contributed by atoms with E-state index in [4.69, 9.17) is 4.74 Å². The molecule has 1 rings (SSSR count). The summed E-state index contributed by atoms with van der Waals surface area (Å²) in [5.74, 6) is -2.96. The SMILES string of the molecule is COCC(CCBr)NC(=O)C1CCCCC1C(F)(F)F. The van der Waals surface area contributed by atoms with Crippen LogP contribution in [0.2, 0.25) is 0 Å². The summed E-state index contributed by atoms with van der Waals surface area (Å²) in [4.78, 5) is 12.1. The molecular formula is C13H21BrF3NO2. The van der Waals surface area contributed by atoms with E-state index in [9.17, 15) is 18.0 Å². The summed E-state index contributed by atoms with van der Waals surface area (Å²) in [6.07, 6.45) is -2.09. The minimum Gasteiger partial charge on any atom is -0.383 e. The molecule has 1 aliphatic carbocycles. The minimum atomic E-state index is -4.30. The highest BCUT2D eigenvalue weighted by molar-refractivity contribution is 9.09. The molecule has 1 aliphatic rings. The van der Waals surface area contributed by atoms with Crippen molar-refractivity contribution >= 4 is 21.8 Å². The first-order valence-electron chi connectivity index (χ1n) is 6.82. The van der Waals surface area contributed by atoms with E-state index in [1.54, 1.807) is 0 Å². The molecule has 0 heterocycles. The third-order valence-electron chi connectivity index (χ3n) is 3.69. The van der Waals surface area contributed by atoms with Crippen LogP contribution in [0.25, 0.3) is 0 Å². The van der Waals surface area contributed by atoms with Gasteiger partial charge in [-0.25, -0.2) is 0 Å². The number of carbonyl (C=O) groups excluding carboxylic acids is 1. The molecule has 0 bridgehead atoms. The lowest BCUT2D eigenvalue weighted by Gasteiger charge is -2.33. The summed E-state index contributed by atoms with van der Waals surface area (Å²) in [6.45, 7) is 0.306. The highest BCUT2D eigenvalue weighted by Gasteiger charge is 2.48. The van der Waals surface area contributed by atoms with Gasteiger partial charge in [0, 0.05) is 18.4 Å². The van der Waals surface area contributed by atoms with Gasteiger partial charge in [-0.1, -0.05) is 28.8 Å². The molecule has 1 amide bonds. The fourth-order valence-electron chi connectivity index (χ4n) is 2.67. The van der Waals surface area contributed by atoms with Gasteiger partial charge in [0.15, 0.2) is 0 Å². The van der Waals surface area contributed by atoms with Gasteiger partial charge in [-0.05, 0) is 19.3 Å². The van der Waals surface area contributed by atoms with E-state index in [0.29, 0.717) is 37.6 Å². The predicted octanol–water partition coefficient (Wildman–Crippen LogP) is 3.27. The molecule has 7 heteroatoms. The lowest BCUT2D eigenvalue weighted by Crippen LogP contribution is -2.47. The van der Waals surface area contributed by atoms with Crippen LogP contribution in [0, 0.1) is 11.8 Å². The summed E-state index contributed by atoms with van der Waals surface area (Å²) < 4.78 is 43.9. The largest absolute Gasteiger partial charge is 0.392 e. The minimum absolute atomic E-state index is 0.0506. The summed E-state index contributed by atoms with van der Waals surface area (Å²) in [6, 6.07) is -0.248. The molecule has 0 aromatic rings. The van der Waals surface area contributed by atoms with E-state index < -0.39 is 23.9 Å². The van der Waals surface area contributed by atoms with Crippen LogP contribution in [0.5, 0.6) is 0 Å². The summed E-state index contributed by atoms with van der Waals surface area (Å²) in [5.41, 5.74) is 0. The number of alkyl halides is 4. The Morgan fingerprint density at radius 3 is 2.60 bits per heavy atom. The molecule has 1 saturated carbocycles. The summed E-state index contributed by atoms with van der Waals surface area (Å²) in [7, 11) is 1.51. The molecule has 0 aromatic carbocycles. The number of methoxy groups -OCH3 is 1. The number of rotatable bonds is 6. The Hall–Kier alpha value is -0.300. The molecule has 1 fully saturated rings. The summed E-state index contributed by atoms with van der Waals surface area (Å²) in [5, 5.41) is 3.36. The van der Waals surface area contributed by atoms with Gasteiger partial charge in [0.05, 0.1) is 18.6 Å². The maximum absolute atomic E-state index is 13.0. The van der Waals surface area contributed by atoms with Crippen molar-refractivity contribution < 1.29 is 22.7 Å². The van der Waals surface area contributed by atoms with Gasteiger partial charge >= 0.3 is 6.18 Å². The van der Waals surface area contributed by atoms with E-state index >= 15 is 0 Å². The molecule has 1 N–H and O–H groups in total. The molecule has 0 spiro atoms. The Morgan fingerprint density at radius 2 is 2.05 bits per heavy atom. The second-order valence-electron chi connectivity index (χ2n) is 5.18. The van der Waals surface area contributed by atoms with Gasteiger partial charge in [0.1, 0.15) is 0 Å². The van der Waals surface area contributed by atoms with Crippen molar-refractivity contribution in [2.45, 2.75) is 44.3 Å². The number of hydrogen-bond donors (Lipinski definition) is 1. The van der Waals surface area contributed by atoms with E-state index in [-0.39, 0.29) is 12.5 Å². The van der Waals surface area contributed by atoms with Crippen LogP contribution in [-0.4, -0.2) is 37.2 Å². The lowest BCUT2D eigenvalue weighted by atomic mass is 9.78. The molecule has 0 saturated heterocycles. The molecule has 118 valence electrons. The van der Waals surface area contributed by atoms with Gasteiger partial charge in [-0.2, -0.15) is 13.2 Å². The Labute approximate surface area is 125 Å². The van der Waals surface area contributed by atoms with Crippen LogP contribution in [0.1, 0.15) is 32.1 Å². The molecular weight excluding hydrogens is 339 g/mol. The number of ether oxygens (including phenoxy) is 1. The number of amides is 1. The quantitative estimate of drug-likeness (QED) is 0.739. The van der Waals surface area contributed by atoms with Crippen molar-refractivity contribution in [2.24, 2.45) is 11.8 Å². The van der Waals surface area contributed by atoms with Gasteiger partial charge in [-0.3, -0.25) is 4.79 Å². The number of halogens is 4. The number of hydrogen-bond acceptors (Lipinski definition) is 2. The average Bonchev–Trinajstić information content (AvgIpc) is 2.38. The first kappa shape index (κ1) is 17.8. The van der Waals surface area contributed by atoms with Crippen LogP contribution < -0.4 is 5.32 Å². The Kier molecular flexibility index (Phi) is 7.29. The van der Waals surface area contributed by atoms with E-state index in [1.807, 2.05) is 0 Å². The summed E-state index contributed by atoms with van der Waals surface area (Å²) >= 11 is 3.26. The monoisotopic (exact) mass is 359 g/mol. The van der Waals surface area contributed by atoms with Gasteiger partial charge in [0.25, 0.3) is 0 Å². The normalized spacial score (nSPS) is 25.2. The van der Waals surface area contributed by atoms with Crippen molar-refractivity contribution in [3.63, 3.8) is 0 Å². The molecule has 0 radical (unpaired) electrons. The Balaban J connectivity index is 2.67. The number of carbonyl (C=O) groups is 1. The van der Waals surface area contributed by atoms with Crippen molar-refractivity contribution in [2.75, 3.05) is 19.0 Å². The first-order valence-corrected chi connectivity index (χ1v) is 7.94. The lowest BCUT2D eigenvalue weighted by molar-refractivity contribution is -0.198. The van der Waals surface area contributed by atoms with Crippen LogP contribution in [0.3, 0.4) is 0 Å². The second kappa shape index (κ2) is 8.22. The molecule has 3 unspecified atom stereocenters. The zero-order valence-corrected chi connectivity index (χ0v) is 13.1. The molecule has 0 aliphatic heterocycles. The maximum Gasteiger partial charge on any atom is 0.392 e. The van der Waals surface area contributed by atoms with Crippen molar-refractivity contribution in [1.29, 1.82) is 0 Å². The Bertz CT molecular complexity index is 306. The number of nitrogens with one attached hydrogen (secondary N) is 1. The first-order chi connectivity index (χ1) is 9.40. The zero-order chi connectivity index (χ0) is 15.2. The fraction of sp³-hybridized carbons (Fsp3) is 0.923. The van der Waals surface area contributed by atoms with Gasteiger partial charge in [0.2, 0.25) is 5.91 Å². The van der Waals surface area contributed by atoms with Crippen LogP contribution in [0.15, 0.2) is 0 Å². The molecule has 3 nitrogen and oxygen atoms in total. The standard InChI is InChI=1S/C13H21BrF3NO2/c1-20-8-9(6-7-14)18-12(19)10-4-2-3-5-11(10)13(15,16)17/h9-11H,2-8H2,1H3,(H,18,19). The van der Waals surface area contributed by atoms with E-state index in [1.165, 1.54) is 7.11 Å². The zero-order valence-electron chi connectivity index (χ0n) is 11.5. The van der Waals surface area contributed by atoms with Gasteiger partial charge in [-0.15, -0.1) is 0 Å². The van der Waals surface area contributed by atoms with Crippen LogP contribution in [-0.2, 0) is 9.53 Å². The van der Waals surface area contributed by atoms with Crippen molar-refractivity contribution in [1.82, 2.24) is 5.32 Å². The smallest absolute Gasteiger partial charge is 0.383 e. The van der Waals surface area contributed by atoms with Gasteiger partial charge < -0.3 is 10.1 Å².